The first-order valence-electron chi connectivity index (χ1n) is 5.22. The molecule has 0 amide bonds. The fraction of sp³-hybridized carbons (Fsp3) is 0.500. The van der Waals surface area contributed by atoms with Gasteiger partial charge < -0.3 is 20.4 Å². The molecule has 0 radical (unpaired) electrons. The maximum Gasteiger partial charge on any atom is 0.351 e. The second-order valence-electron chi connectivity index (χ2n) is 3.89. The molecule has 1 aliphatic heterocycles. The molecule has 0 aliphatic carbocycles. The van der Waals surface area contributed by atoms with E-state index in [2.05, 4.69) is 4.98 Å². The Kier molecular flexibility index (Phi) is 3.21. The van der Waals surface area contributed by atoms with E-state index in [-0.39, 0.29) is 12.4 Å². The van der Waals surface area contributed by atoms with Gasteiger partial charge in [-0.1, -0.05) is 0 Å². The molecule has 3 N–H and O–H groups in total. The van der Waals surface area contributed by atoms with Gasteiger partial charge in [-0.05, 0) is 6.07 Å². The predicted molar refractivity (Wildman–Crippen MR) is 58.1 cm³/mol. The number of carbonyl (C=O) groups is 1. The Labute approximate surface area is 96.8 Å². The summed E-state index contributed by atoms with van der Waals surface area (Å²) in [5, 5.41) is 9.04. The summed E-state index contributed by atoms with van der Waals surface area (Å²) in [6, 6.07) is 1.48. The smallest absolute Gasteiger partial charge is 0.351 e. The van der Waals surface area contributed by atoms with Gasteiger partial charge in [0.15, 0.2) is 0 Å². The normalized spacial score (nSPS) is 28.2. The number of rotatable bonds is 3. The van der Waals surface area contributed by atoms with Crippen LogP contribution in [0.25, 0.3) is 0 Å². The van der Waals surface area contributed by atoms with Crippen molar-refractivity contribution in [3.8, 4) is 0 Å². The van der Waals surface area contributed by atoms with Gasteiger partial charge in [0, 0.05) is 18.5 Å². The number of hydrogen-bond acceptors (Lipinski definition) is 6. The molecule has 1 aromatic heterocycles. The highest BCUT2D eigenvalue weighted by Crippen LogP contribution is 2.31. The monoisotopic (exact) mass is 239 g/mol. The zero-order valence-corrected chi connectivity index (χ0v) is 9.02. The Balaban J connectivity index is 2.25. The molecule has 0 bridgehead atoms. The molecule has 2 rings (SSSR count). The lowest BCUT2D eigenvalue weighted by molar-refractivity contribution is -0.113. The maximum absolute atomic E-state index is 11.6. The highest BCUT2D eigenvalue weighted by molar-refractivity contribution is 5.55. The number of aldehydes is 1. The number of aliphatic hydroxyl groups is 1. The van der Waals surface area contributed by atoms with Gasteiger partial charge in [-0.2, -0.15) is 4.98 Å². The number of nitrogen functional groups attached to an aromatic ring is 1. The van der Waals surface area contributed by atoms with Gasteiger partial charge in [0.05, 0.1) is 12.7 Å². The molecule has 1 aliphatic rings. The molecular weight excluding hydrogens is 226 g/mol. The quantitative estimate of drug-likeness (QED) is 0.650. The summed E-state index contributed by atoms with van der Waals surface area (Å²) in [4.78, 5) is 25.9. The Morgan fingerprint density at radius 3 is 3.00 bits per heavy atom. The van der Waals surface area contributed by atoms with Crippen LogP contribution in [0, 0.1) is 5.92 Å². The molecule has 1 unspecified atom stereocenters. The van der Waals surface area contributed by atoms with E-state index in [1.165, 1.54) is 16.8 Å². The van der Waals surface area contributed by atoms with Crippen molar-refractivity contribution < 1.29 is 14.6 Å². The van der Waals surface area contributed by atoms with Crippen molar-refractivity contribution in [1.29, 1.82) is 0 Å². The van der Waals surface area contributed by atoms with Gasteiger partial charge in [0.1, 0.15) is 18.3 Å². The van der Waals surface area contributed by atoms with Crippen molar-refractivity contribution in [2.24, 2.45) is 5.92 Å². The fourth-order valence-electron chi connectivity index (χ4n) is 1.89. The standard InChI is InChI=1S/C10H13N3O4/c11-8-1-2-13(10(16)12-8)9-3-6(4-14)7(5-15)17-9/h1-2,4,6-7,9,15H,3,5H2,(H2,11,12,16)/t6?,7-,9-/m1/s1. The van der Waals surface area contributed by atoms with Crippen LogP contribution >= 0.6 is 0 Å². The molecule has 7 nitrogen and oxygen atoms in total. The third-order valence-corrected chi connectivity index (χ3v) is 2.80. The lowest BCUT2D eigenvalue weighted by Gasteiger charge is -2.14. The number of ether oxygens (including phenoxy) is 1. The van der Waals surface area contributed by atoms with Crippen molar-refractivity contribution in [3.63, 3.8) is 0 Å². The first kappa shape index (κ1) is 11.7. The SMILES string of the molecule is Nc1ccn([C@H]2CC(C=O)[C@@H](CO)O2)c(=O)n1. The number of aliphatic hydroxyl groups excluding tert-OH is 1. The molecular formula is C10H13N3O4. The van der Waals surface area contributed by atoms with Gasteiger partial charge >= 0.3 is 5.69 Å². The van der Waals surface area contributed by atoms with E-state index >= 15 is 0 Å². The van der Waals surface area contributed by atoms with Gasteiger partial charge in [0.25, 0.3) is 0 Å². The Hall–Kier alpha value is -1.73. The van der Waals surface area contributed by atoms with Crippen LogP contribution in [-0.4, -0.2) is 33.7 Å². The molecule has 17 heavy (non-hydrogen) atoms. The first-order valence-corrected chi connectivity index (χ1v) is 5.22. The molecule has 7 heteroatoms. The molecule has 0 aromatic carbocycles. The number of nitrogens with zero attached hydrogens (tertiary/aromatic N) is 2. The summed E-state index contributed by atoms with van der Waals surface area (Å²) < 4.78 is 6.69. The zero-order valence-electron chi connectivity index (χ0n) is 9.02. The molecule has 1 saturated heterocycles. The second-order valence-corrected chi connectivity index (χ2v) is 3.89. The zero-order chi connectivity index (χ0) is 12.4. The molecule has 1 aromatic rings. The summed E-state index contributed by atoms with van der Waals surface area (Å²) in [5.41, 5.74) is 4.84. The van der Waals surface area contributed by atoms with E-state index in [9.17, 15) is 9.59 Å². The third-order valence-electron chi connectivity index (χ3n) is 2.80. The minimum atomic E-state index is -0.581. The summed E-state index contributed by atoms with van der Waals surface area (Å²) in [6.45, 7) is -0.253. The van der Waals surface area contributed by atoms with Crippen LogP contribution in [0.15, 0.2) is 17.1 Å². The lowest BCUT2D eigenvalue weighted by Crippen LogP contribution is -2.27. The topological polar surface area (TPSA) is 107 Å². The molecule has 1 fully saturated rings. The van der Waals surface area contributed by atoms with E-state index < -0.39 is 23.9 Å². The van der Waals surface area contributed by atoms with Crippen LogP contribution in [0.3, 0.4) is 0 Å². The Morgan fingerprint density at radius 2 is 2.47 bits per heavy atom. The van der Waals surface area contributed by atoms with Gasteiger partial charge in [-0.25, -0.2) is 4.79 Å². The van der Waals surface area contributed by atoms with E-state index in [1.807, 2.05) is 0 Å². The highest BCUT2D eigenvalue weighted by atomic mass is 16.5. The van der Waals surface area contributed by atoms with Crippen LogP contribution in [0.5, 0.6) is 0 Å². The van der Waals surface area contributed by atoms with Crippen LogP contribution < -0.4 is 11.4 Å². The van der Waals surface area contributed by atoms with E-state index in [4.69, 9.17) is 15.6 Å². The van der Waals surface area contributed by atoms with Crippen molar-refractivity contribution in [3.05, 3.63) is 22.7 Å². The fourth-order valence-corrected chi connectivity index (χ4v) is 1.89. The average Bonchev–Trinajstić information content (AvgIpc) is 2.72. The predicted octanol–water partition coefficient (Wildman–Crippen LogP) is -1.08. The van der Waals surface area contributed by atoms with Crippen LogP contribution in [0.4, 0.5) is 5.82 Å². The molecule has 92 valence electrons. The van der Waals surface area contributed by atoms with Crippen LogP contribution in [0.1, 0.15) is 12.6 Å². The van der Waals surface area contributed by atoms with Crippen molar-refractivity contribution >= 4 is 12.1 Å². The minimum absolute atomic E-state index is 0.134. The van der Waals surface area contributed by atoms with Crippen LogP contribution in [-0.2, 0) is 9.53 Å². The summed E-state index contributed by atoms with van der Waals surface area (Å²) in [5.74, 6) is -0.274. The van der Waals surface area contributed by atoms with Crippen molar-refractivity contribution in [2.45, 2.75) is 18.8 Å². The number of nitrogens with two attached hydrogens (primary N) is 1. The molecule has 3 atom stereocenters. The Morgan fingerprint density at radius 1 is 1.71 bits per heavy atom. The number of hydrogen-bond donors (Lipinski definition) is 2. The third kappa shape index (κ3) is 2.20. The minimum Gasteiger partial charge on any atom is -0.394 e. The number of anilines is 1. The lowest BCUT2D eigenvalue weighted by atomic mass is 10.0. The van der Waals surface area contributed by atoms with Crippen LogP contribution in [0.2, 0.25) is 0 Å². The number of carbonyl (C=O) groups excluding carboxylic acids is 1. The Bertz CT molecular complexity index is 473. The molecule has 2 heterocycles. The molecule has 0 saturated carbocycles. The summed E-state index contributed by atoms with van der Waals surface area (Å²) >= 11 is 0. The number of aromatic nitrogens is 2. The molecule has 0 spiro atoms. The van der Waals surface area contributed by atoms with E-state index in [0.29, 0.717) is 6.42 Å². The van der Waals surface area contributed by atoms with E-state index in [0.717, 1.165) is 6.29 Å². The van der Waals surface area contributed by atoms with Gasteiger partial charge in [-0.3, -0.25) is 4.57 Å². The maximum atomic E-state index is 11.6. The van der Waals surface area contributed by atoms with Crippen molar-refractivity contribution in [1.82, 2.24) is 9.55 Å². The second kappa shape index (κ2) is 4.64. The highest BCUT2D eigenvalue weighted by Gasteiger charge is 2.35. The average molecular weight is 239 g/mol. The summed E-state index contributed by atoms with van der Waals surface area (Å²) in [6.07, 6.45) is 1.40. The first-order chi connectivity index (χ1) is 8.15. The van der Waals surface area contributed by atoms with Crippen molar-refractivity contribution in [2.75, 3.05) is 12.3 Å². The van der Waals surface area contributed by atoms with Gasteiger partial charge in [-0.15, -0.1) is 0 Å². The van der Waals surface area contributed by atoms with E-state index in [1.54, 1.807) is 0 Å². The summed E-state index contributed by atoms with van der Waals surface area (Å²) in [7, 11) is 0. The van der Waals surface area contributed by atoms with Gasteiger partial charge in [0.2, 0.25) is 0 Å². The largest absolute Gasteiger partial charge is 0.394 e.